The maximum absolute atomic E-state index is 13.3. The van der Waals surface area contributed by atoms with Crippen LogP contribution in [0.5, 0.6) is 5.75 Å². The van der Waals surface area contributed by atoms with Crippen molar-refractivity contribution in [1.29, 1.82) is 0 Å². The zero-order valence-corrected chi connectivity index (χ0v) is 19.6. The van der Waals surface area contributed by atoms with E-state index in [9.17, 15) is 4.79 Å². The van der Waals surface area contributed by atoms with Crippen LogP contribution in [0.3, 0.4) is 0 Å². The number of halogens is 1. The lowest BCUT2D eigenvalue weighted by molar-refractivity contribution is -0.00702. The fourth-order valence-electron chi connectivity index (χ4n) is 4.87. The predicted octanol–water partition coefficient (Wildman–Crippen LogP) is 4.88. The minimum atomic E-state index is 0.0650. The first-order valence-corrected chi connectivity index (χ1v) is 12.0. The van der Waals surface area contributed by atoms with Gasteiger partial charge in [-0.3, -0.25) is 9.69 Å². The second kappa shape index (κ2) is 11.2. The number of methoxy groups -OCH3 is 1. The lowest BCUT2D eigenvalue weighted by atomic mass is 9.89. The van der Waals surface area contributed by atoms with Crippen LogP contribution in [0.25, 0.3) is 0 Å². The predicted molar refractivity (Wildman–Crippen MR) is 127 cm³/mol. The number of ether oxygens (including phenoxy) is 2. The molecule has 0 aromatic heterocycles. The standard InChI is InChI=1S/C26H33ClN2O3/c1-31-24-13-15-29-19-21(24)6-4-5-14-28(18-20-9-11-22(27)12-10-20)16-17-32-25-8-3-2-7-23(25)26(29)30/h2-3,7-12,21,24H,4-6,13-19H2,1H3/t21-,24+/m0/s1. The zero-order valence-electron chi connectivity index (χ0n) is 18.8. The van der Waals surface area contributed by atoms with E-state index in [0.717, 1.165) is 63.4 Å². The van der Waals surface area contributed by atoms with Gasteiger partial charge in [0.2, 0.25) is 0 Å². The van der Waals surface area contributed by atoms with E-state index < -0.39 is 0 Å². The SMILES string of the molecule is CO[C@@H]1CCN2C[C@@H]1CCCCN(Cc1ccc(Cl)cc1)CCOc1ccccc1C2=O. The Morgan fingerprint density at radius 2 is 1.84 bits per heavy atom. The van der Waals surface area contributed by atoms with Gasteiger partial charge in [-0.2, -0.15) is 0 Å². The molecule has 0 unspecified atom stereocenters. The molecule has 4 rings (SSSR count). The molecule has 0 radical (unpaired) electrons. The van der Waals surface area contributed by atoms with Gasteiger partial charge in [0.1, 0.15) is 12.4 Å². The number of para-hydroxylation sites is 1. The highest BCUT2D eigenvalue weighted by molar-refractivity contribution is 6.30. The van der Waals surface area contributed by atoms with Crippen molar-refractivity contribution < 1.29 is 14.3 Å². The van der Waals surface area contributed by atoms with E-state index in [-0.39, 0.29) is 12.0 Å². The van der Waals surface area contributed by atoms with Crippen molar-refractivity contribution in [3.8, 4) is 5.75 Å². The molecule has 2 aliphatic rings. The second-order valence-electron chi connectivity index (χ2n) is 8.82. The van der Waals surface area contributed by atoms with Crippen molar-refractivity contribution in [2.45, 2.75) is 38.3 Å². The van der Waals surface area contributed by atoms with Gasteiger partial charge in [0.05, 0.1) is 11.7 Å². The minimum absolute atomic E-state index is 0.0650. The molecule has 32 heavy (non-hydrogen) atoms. The first-order chi connectivity index (χ1) is 15.6. The molecule has 5 nitrogen and oxygen atoms in total. The summed E-state index contributed by atoms with van der Waals surface area (Å²) < 4.78 is 11.9. The van der Waals surface area contributed by atoms with Crippen LogP contribution in [0.1, 0.15) is 41.6 Å². The van der Waals surface area contributed by atoms with Gasteiger partial charge in [0.25, 0.3) is 5.91 Å². The Hall–Kier alpha value is -2.08. The normalized spacial score (nSPS) is 23.2. The summed E-state index contributed by atoms with van der Waals surface area (Å²) in [6.45, 7) is 4.71. The van der Waals surface area contributed by atoms with Crippen molar-refractivity contribution in [2.24, 2.45) is 5.92 Å². The first-order valence-electron chi connectivity index (χ1n) is 11.6. The van der Waals surface area contributed by atoms with Crippen LogP contribution in [0.2, 0.25) is 5.02 Å². The molecule has 2 bridgehead atoms. The van der Waals surface area contributed by atoms with Crippen molar-refractivity contribution >= 4 is 17.5 Å². The average Bonchev–Trinajstić information content (AvgIpc) is 2.82. The molecule has 2 heterocycles. The molecule has 0 N–H and O–H groups in total. The Morgan fingerprint density at radius 3 is 2.66 bits per heavy atom. The summed E-state index contributed by atoms with van der Waals surface area (Å²) in [5.74, 6) is 1.11. The van der Waals surface area contributed by atoms with E-state index in [1.807, 2.05) is 41.3 Å². The maximum Gasteiger partial charge on any atom is 0.257 e. The third-order valence-electron chi connectivity index (χ3n) is 6.66. The average molecular weight is 457 g/mol. The number of hydrogen-bond acceptors (Lipinski definition) is 4. The van der Waals surface area contributed by atoms with E-state index in [0.29, 0.717) is 23.8 Å². The van der Waals surface area contributed by atoms with E-state index in [4.69, 9.17) is 21.1 Å². The van der Waals surface area contributed by atoms with Crippen LogP contribution in [0.15, 0.2) is 48.5 Å². The Morgan fingerprint density at radius 1 is 1.03 bits per heavy atom. The van der Waals surface area contributed by atoms with Crippen molar-refractivity contribution in [2.75, 3.05) is 39.9 Å². The van der Waals surface area contributed by atoms with Crippen LogP contribution in [0.4, 0.5) is 0 Å². The number of piperidine rings is 1. The zero-order chi connectivity index (χ0) is 22.3. The van der Waals surface area contributed by atoms with Gasteiger partial charge in [-0.05, 0) is 55.6 Å². The molecule has 0 spiro atoms. The third-order valence-corrected chi connectivity index (χ3v) is 6.91. The molecule has 0 aliphatic carbocycles. The van der Waals surface area contributed by atoms with Crippen LogP contribution >= 0.6 is 11.6 Å². The molecular weight excluding hydrogens is 424 g/mol. The largest absolute Gasteiger partial charge is 0.491 e. The number of fused-ring (bicyclic) bond motifs is 3. The van der Waals surface area contributed by atoms with Gasteiger partial charge in [-0.1, -0.05) is 42.3 Å². The topological polar surface area (TPSA) is 42.0 Å². The molecule has 2 aliphatic heterocycles. The molecule has 2 aromatic rings. The molecule has 6 heteroatoms. The summed E-state index contributed by atoms with van der Waals surface area (Å²) in [7, 11) is 1.80. The number of hydrogen-bond donors (Lipinski definition) is 0. The number of carbonyl (C=O) groups is 1. The lowest BCUT2D eigenvalue weighted by Gasteiger charge is -2.38. The smallest absolute Gasteiger partial charge is 0.257 e. The highest BCUT2D eigenvalue weighted by Gasteiger charge is 2.32. The van der Waals surface area contributed by atoms with Gasteiger partial charge in [-0.25, -0.2) is 0 Å². The van der Waals surface area contributed by atoms with Crippen molar-refractivity contribution in [1.82, 2.24) is 9.80 Å². The Balaban J connectivity index is 1.52. The van der Waals surface area contributed by atoms with Gasteiger partial charge in [0.15, 0.2) is 0 Å². The summed E-state index contributed by atoms with van der Waals surface area (Å²) in [4.78, 5) is 17.7. The number of amides is 1. The Bertz CT molecular complexity index is 889. The number of nitrogens with zero attached hydrogens (tertiary/aromatic N) is 2. The van der Waals surface area contributed by atoms with Crippen LogP contribution < -0.4 is 4.74 Å². The Kier molecular flexibility index (Phi) is 8.06. The van der Waals surface area contributed by atoms with E-state index in [1.54, 1.807) is 7.11 Å². The van der Waals surface area contributed by atoms with E-state index in [2.05, 4.69) is 17.0 Å². The number of rotatable bonds is 3. The summed E-state index contributed by atoms with van der Waals surface area (Å²) in [5.41, 5.74) is 1.90. The van der Waals surface area contributed by atoms with E-state index in [1.165, 1.54) is 5.56 Å². The third kappa shape index (κ3) is 5.83. The van der Waals surface area contributed by atoms with Crippen LogP contribution in [0, 0.1) is 5.92 Å². The number of carbonyl (C=O) groups excluding carboxylic acids is 1. The van der Waals surface area contributed by atoms with Crippen molar-refractivity contribution in [3.63, 3.8) is 0 Å². The molecule has 172 valence electrons. The molecule has 1 saturated heterocycles. The van der Waals surface area contributed by atoms with Gasteiger partial charge >= 0.3 is 0 Å². The molecule has 2 atom stereocenters. The van der Waals surface area contributed by atoms with Gasteiger partial charge in [0, 0.05) is 44.2 Å². The van der Waals surface area contributed by atoms with Crippen LogP contribution in [-0.2, 0) is 11.3 Å². The monoisotopic (exact) mass is 456 g/mol. The molecule has 2 aromatic carbocycles. The van der Waals surface area contributed by atoms with Crippen molar-refractivity contribution in [3.05, 3.63) is 64.7 Å². The first kappa shape index (κ1) is 23.1. The fraction of sp³-hybridized carbons (Fsp3) is 0.500. The minimum Gasteiger partial charge on any atom is -0.491 e. The van der Waals surface area contributed by atoms with E-state index >= 15 is 0 Å². The summed E-state index contributed by atoms with van der Waals surface area (Å²) in [5, 5.41) is 0.758. The molecule has 0 saturated carbocycles. The Labute approximate surface area is 196 Å². The van der Waals surface area contributed by atoms with Gasteiger partial charge in [-0.15, -0.1) is 0 Å². The maximum atomic E-state index is 13.3. The number of benzene rings is 2. The highest BCUT2D eigenvalue weighted by Crippen LogP contribution is 2.28. The van der Waals surface area contributed by atoms with Gasteiger partial charge < -0.3 is 14.4 Å². The fourth-order valence-corrected chi connectivity index (χ4v) is 4.99. The summed E-state index contributed by atoms with van der Waals surface area (Å²) in [6, 6.07) is 15.7. The molecule has 1 amide bonds. The molecular formula is C26H33ClN2O3. The summed E-state index contributed by atoms with van der Waals surface area (Å²) in [6.07, 6.45) is 4.43. The summed E-state index contributed by atoms with van der Waals surface area (Å²) >= 11 is 6.06. The highest BCUT2D eigenvalue weighted by atomic mass is 35.5. The lowest BCUT2D eigenvalue weighted by Crippen LogP contribution is -2.46. The molecule has 1 fully saturated rings. The van der Waals surface area contributed by atoms with Crippen LogP contribution in [-0.4, -0.2) is 61.7 Å². The second-order valence-corrected chi connectivity index (χ2v) is 9.25. The quantitative estimate of drug-likeness (QED) is 0.660.